The molecule has 0 radical (unpaired) electrons. The van der Waals surface area contributed by atoms with Crippen LogP contribution in [0.1, 0.15) is 17.5 Å². The Morgan fingerprint density at radius 1 is 0.844 bits per heavy atom. The monoisotopic (exact) mass is 429 g/mol. The van der Waals surface area contributed by atoms with Crippen molar-refractivity contribution in [3.63, 3.8) is 0 Å². The Bertz CT molecular complexity index is 1330. The Morgan fingerprint density at radius 3 is 2.25 bits per heavy atom. The van der Waals surface area contributed by atoms with Gasteiger partial charge in [0.1, 0.15) is 12.4 Å². The second kappa shape index (κ2) is 9.78. The molecule has 1 aromatic heterocycles. The lowest BCUT2D eigenvalue weighted by Gasteiger charge is -2.09. The largest absolute Gasteiger partial charge is 0.489 e. The summed E-state index contributed by atoms with van der Waals surface area (Å²) in [5.74, 6) is 0.609. The zero-order valence-corrected chi connectivity index (χ0v) is 17.4. The van der Waals surface area contributed by atoms with Crippen molar-refractivity contribution in [3.8, 4) is 5.75 Å². The lowest BCUT2D eigenvalue weighted by Crippen LogP contribution is -2.32. The van der Waals surface area contributed by atoms with Crippen LogP contribution in [0.15, 0.2) is 88.5 Å². The molecule has 0 saturated carbocycles. The van der Waals surface area contributed by atoms with Crippen LogP contribution in [-0.2, 0) is 24.5 Å². The molecule has 7 nitrogen and oxygen atoms in total. The Morgan fingerprint density at radius 2 is 1.50 bits per heavy atom. The van der Waals surface area contributed by atoms with Gasteiger partial charge in [-0.15, -0.1) is 0 Å². The lowest BCUT2D eigenvalue weighted by atomic mass is 10.1. The lowest BCUT2D eigenvalue weighted by molar-refractivity contribution is -0.121. The van der Waals surface area contributed by atoms with E-state index in [1.54, 1.807) is 24.3 Å². The van der Waals surface area contributed by atoms with Crippen LogP contribution in [0.5, 0.6) is 5.75 Å². The van der Waals surface area contributed by atoms with Crippen molar-refractivity contribution in [2.45, 2.75) is 26.1 Å². The van der Waals surface area contributed by atoms with Gasteiger partial charge in [-0.25, -0.2) is 4.68 Å². The Kier molecular flexibility index (Phi) is 6.46. The number of hydrogen-bond donors (Lipinski definition) is 2. The first-order chi connectivity index (χ1) is 15.6. The molecule has 7 heteroatoms. The van der Waals surface area contributed by atoms with Crippen LogP contribution in [0.2, 0.25) is 0 Å². The quantitative estimate of drug-likeness (QED) is 0.450. The summed E-state index contributed by atoms with van der Waals surface area (Å²) in [6.45, 7) is 0.942. The number of benzene rings is 3. The van der Waals surface area contributed by atoms with Gasteiger partial charge in [-0.05, 0) is 35.4 Å². The third kappa shape index (κ3) is 5.13. The number of amides is 1. The molecule has 0 aliphatic carbocycles. The van der Waals surface area contributed by atoms with Crippen LogP contribution in [0.25, 0.3) is 10.8 Å². The smallest absolute Gasteiger partial charge is 0.273 e. The molecule has 0 aliphatic heterocycles. The molecular formula is C25H23N3O4. The molecule has 2 N–H and O–H groups in total. The summed E-state index contributed by atoms with van der Waals surface area (Å²) in [5, 5.41) is 6.06. The van der Waals surface area contributed by atoms with E-state index < -0.39 is 0 Å². The highest BCUT2D eigenvalue weighted by atomic mass is 16.5. The molecule has 1 amide bonds. The van der Waals surface area contributed by atoms with Gasteiger partial charge in [-0.1, -0.05) is 54.6 Å². The van der Waals surface area contributed by atoms with Crippen LogP contribution in [0.4, 0.5) is 0 Å². The van der Waals surface area contributed by atoms with Crippen LogP contribution < -0.4 is 21.2 Å². The number of ether oxygens (including phenoxy) is 1. The van der Waals surface area contributed by atoms with Crippen LogP contribution >= 0.6 is 0 Å². The summed E-state index contributed by atoms with van der Waals surface area (Å²) in [7, 11) is 0. The number of nitrogens with zero attached hydrogens (tertiary/aromatic N) is 1. The van der Waals surface area contributed by atoms with Gasteiger partial charge in [0.25, 0.3) is 11.1 Å². The summed E-state index contributed by atoms with van der Waals surface area (Å²) in [6.07, 6.45) is 0.0805. The molecule has 162 valence electrons. The Hall–Kier alpha value is -4.13. The number of hydrogen-bond acceptors (Lipinski definition) is 4. The summed E-state index contributed by atoms with van der Waals surface area (Å²) in [4.78, 5) is 36.9. The van der Waals surface area contributed by atoms with Crippen LogP contribution in [-0.4, -0.2) is 15.7 Å². The number of aromatic nitrogens is 2. The van der Waals surface area contributed by atoms with E-state index in [1.165, 1.54) is 4.68 Å². The molecule has 1 heterocycles. The second-order valence-corrected chi connectivity index (χ2v) is 7.39. The summed E-state index contributed by atoms with van der Waals surface area (Å²) in [6, 6.07) is 24.0. The minimum absolute atomic E-state index is 0.0805. The molecule has 0 aliphatic rings. The van der Waals surface area contributed by atoms with Gasteiger partial charge < -0.3 is 10.1 Å². The van der Waals surface area contributed by atoms with E-state index in [0.717, 1.165) is 16.9 Å². The highest BCUT2D eigenvalue weighted by molar-refractivity contribution is 5.80. The zero-order chi connectivity index (χ0) is 22.3. The number of aromatic amines is 1. The molecule has 0 fully saturated rings. The minimum Gasteiger partial charge on any atom is -0.489 e. The first-order valence-corrected chi connectivity index (χ1v) is 10.3. The van der Waals surface area contributed by atoms with Gasteiger partial charge in [-0.3, -0.25) is 19.5 Å². The standard InChI is InChI=1S/C25H23N3O4/c29-23(14-15-28-25(31)22-9-5-4-8-21(22)24(30)27-28)26-16-18-10-12-19(13-11-18)17-32-20-6-2-1-3-7-20/h1-13H,14-17H2,(H,26,29)(H,27,30). The molecule has 0 bridgehead atoms. The number of aryl methyl sites for hydroxylation is 1. The topological polar surface area (TPSA) is 93.2 Å². The SMILES string of the molecule is O=C(CCn1[nH]c(=O)c2ccccc2c1=O)NCc1ccc(COc2ccccc2)cc1. The Labute approximate surface area is 184 Å². The number of fused-ring (bicyclic) bond motifs is 1. The normalized spacial score (nSPS) is 10.8. The zero-order valence-electron chi connectivity index (χ0n) is 17.4. The number of rotatable bonds is 8. The summed E-state index contributed by atoms with van der Waals surface area (Å²) in [5.41, 5.74) is 1.32. The van der Waals surface area contributed by atoms with Crippen molar-refractivity contribution in [2.75, 3.05) is 0 Å². The maximum absolute atomic E-state index is 12.5. The fourth-order valence-corrected chi connectivity index (χ4v) is 3.34. The molecule has 32 heavy (non-hydrogen) atoms. The maximum Gasteiger partial charge on any atom is 0.273 e. The summed E-state index contributed by atoms with van der Waals surface area (Å²) < 4.78 is 6.91. The molecule has 0 spiro atoms. The number of nitrogens with one attached hydrogen (secondary N) is 2. The molecular weight excluding hydrogens is 406 g/mol. The van der Waals surface area contributed by atoms with Crippen molar-refractivity contribution in [3.05, 3.63) is 111 Å². The first kappa shape index (κ1) is 21.1. The fraction of sp³-hybridized carbons (Fsp3) is 0.160. The first-order valence-electron chi connectivity index (χ1n) is 10.3. The van der Waals surface area contributed by atoms with Crippen molar-refractivity contribution in [1.29, 1.82) is 0 Å². The highest BCUT2D eigenvalue weighted by Crippen LogP contribution is 2.12. The van der Waals surface area contributed by atoms with Crippen LogP contribution in [0.3, 0.4) is 0 Å². The van der Waals surface area contributed by atoms with E-state index in [1.807, 2.05) is 54.6 Å². The average Bonchev–Trinajstić information content (AvgIpc) is 2.84. The van der Waals surface area contributed by atoms with E-state index in [-0.39, 0.29) is 30.0 Å². The minimum atomic E-state index is -0.350. The second-order valence-electron chi connectivity index (χ2n) is 7.39. The van der Waals surface area contributed by atoms with Gasteiger partial charge in [-0.2, -0.15) is 0 Å². The van der Waals surface area contributed by atoms with Gasteiger partial charge >= 0.3 is 0 Å². The van der Waals surface area contributed by atoms with Crippen molar-refractivity contribution >= 4 is 16.7 Å². The van der Waals surface area contributed by atoms with Gasteiger partial charge in [0.15, 0.2) is 0 Å². The molecule has 0 saturated heterocycles. The third-order valence-electron chi connectivity index (χ3n) is 5.11. The number of para-hydroxylation sites is 1. The molecule has 4 rings (SSSR count). The van der Waals surface area contributed by atoms with E-state index in [2.05, 4.69) is 10.4 Å². The predicted molar refractivity (Wildman–Crippen MR) is 123 cm³/mol. The number of H-pyrrole nitrogens is 1. The van der Waals surface area contributed by atoms with E-state index in [0.29, 0.717) is 23.9 Å². The molecule has 4 aromatic rings. The van der Waals surface area contributed by atoms with E-state index >= 15 is 0 Å². The molecule has 0 unspecified atom stereocenters. The van der Waals surface area contributed by atoms with E-state index in [9.17, 15) is 14.4 Å². The van der Waals surface area contributed by atoms with Crippen LogP contribution in [0, 0.1) is 0 Å². The predicted octanol–water partition coefficient (Wildman–Crippen LogP) is 2.98. The molecule has 3 aromatic carbocycles. The fourth-order valence-electron chi connectivity index (χ4n) is 3.34. The highest BCUT2D eigenvalue weighted by Gasteiger charge is 2.08. The summed E-state index contributed by atoms with van der Waals surface area (Å²) >= 11 is 0. The maximum atomic E-state index is 12.5. The van der Waals surface area contributed by atoms with Gasteiger partial charge in [0.05, 0.1) is 17.3 Å². The van der Waals surface area contributed by atoms with Crippen molar-refractivity contribution < 1.29 is 9.53 Å². The number of carbonyl (C=O) groups excluding carboxylic acids is 1. The van der Waals surface area contributed by atoms with E-state index in [4.69, 9.17) is 4.74 Å². The average molecular weight is 429 g/mol. The molecule has 0 atom stereocenters. The third-order valence-corrected chi connectivity index (χ3v) is 5.11. The van der Waals surface area contributed by atoms with Gasteiger partial charge in [0, 0.05) is 13.0 Å². The van der Waals surface area contributed by atoms with Crippen molar-refractivity contribution in [1.82, 2.24) is 15.1 Å². The van der Waals surface area contributed by atoms with Crippen molar-refractivity contribution in [2.24, 2.45) is 0 Å². The number of carbonyl (C=O) groups is 1. The Balaban J connectivity index is 1.28. The van der Waals surface area contributed by atoms with Gasteiger partial charge in [0.2, 0.25) is 5.91 Å².